The summed E-state index contributed by atoms with van der Waals surface area (Å²) in [6.07, 6.45) is 2.59. The number of carbonyl (C=O) groups excluding carboxylic acids is 2. The van der Waals surface area contributed by atoms with E-state index in [0.29, 0.717) is 35.8 Å². The van der Waals surface area contributed by atoms with Crippen LogP contribution in [0.5, 0.6) is 0 Å². The Bertz CT molecular complexity index is 535. The van der Waals surface area contributed by atoms with Crippen molar-refractivity contribution < 1.29 is 9.59 Å². The minimum absolute atomic E-state index is 0.0343. The van der Waals surface area contributed by atoms with Gasteiger partial charge in [-0.15, -0.1) is 0 Å². The molecule has 0 aromatic carbocycles. The van der Waals surface area contributed by atoms with Gasteiger partial charge in [0.25, 0.3) is 5.91 Å². The minimum Gasteiger partial charge on any atom is -0.372 e. The zero-order valence-electron chi connectivity index (χ0n) is 11.4. The Morgan fingerprint density at radius 1 is 1.55 bits per heavy atom. The van der Waals surface area contributed by atoms with Crippen molar-refractivity contribution >= 4 is 29.2 Å². The number of likely N-dealkylation sites (N-methyl/N-ethyl adjacent to an activating group) is 1. The number of anilines is 1. The highest BCUT2D eigenvalue weighted by atomic mass is 35.5. The number of likely N-dealkylation sites (tertiary alicyclic amines) is 1. The monoisotopic (exact) mass is 296 g/mol. The quantitative estimate of drug-likeness (QED) is 0.877. The van der Waals surface area contributed by atoms with Gasteiger partial charge in [0, 0.05) is 39.3 Å². The molecule has 1 aliphatic rings. The van der Waals surface area contributed by atoms with Crippen molar-refractivity contribution in [2.45, 2.75) is 18.9 Å². The van der Waals surface area contributed by atoms with Gasteiger partial charge in [0.05, 0.1) is 10.6 Å². The molecule has 1 aliphatic heterocycles. The molecular formula is C13H17ClN4O2. The number of aromatic nitrogens is 1. The zero-order valence-corrected chi connectivity index (χ0v) is 12.2. The normalized spacial score (nSPS) is 18.9. The van der Waals surface area contributed by atoms with E-state index in [1.807, 2.05) is 0 Å². The minimum atomic E-state index is -0.227. The third-order valence-electron chi connectivity index (χ3n) is 3.30. The maximum Gasteiger partial charge on any atom is 0.253 e. The molecule has 1 aromatic heterocycles. The number of piperidine rings is 1. The van der Waals surface area contributed by atoms with Crippen LogP contribution in [0.25, 0.3) is 0 Å². The van der Waals surface area contributed by atoms with Crippen molar-refractivity contribution in [2.24, 2.45) is 0 Å². The first-order valence-electron chi connectivity index (χ1n) is 6.39. The second-order valence-corrected chi connectivity index (χ2v) is 5.19. The van der Waals surface area contributed by atoms with Gasteiger partial charge in [0.15, 0.2) is 0 Å². The van der Waals surface area contributed by atoms with E-state index in [4.69, 9.17) is 11.6 Å². The molecule has 2 rings (SSSR count). The summed E-state index contributed by atoms with van der Waals surface area (Å²) in [5.74, 6) is 0.416. The fourth-order valence-corrected chi connectivity index (χ4v) is 2.41. The molecule has 108 valence electrons. The van der Waals surface area contributed by atoms with Gasteiger partial charge in [-0.3, -0.25) is 9.59 Å². The van der Waals surface area contributed by atoms with Crippen LogP contribution in [0, 0.1) is 0 Å². The molecule has 0 saturated carbocycles. The average Bonchev–Trinajstić information content (AvgIpc) is 2.42. The van der Waals surface area contributed by atoms with Crippen LogP contribution in [0.15, 0.2) is 12.3 Å². The number of pyridine rings is 1. The highest BCUT2D eigenvalue weighted by molar-refractivity contribution is 6.33. The van der Waals surface area contributed by atoms with Gasteiger partial charge in [-0.05, 0) is 12.5 Å². The zero-order chi connectivity index (χ0) is 14.7. The molecule has 0 radical (unpaired) electrons. The van der Waals surface area contributed by atoms with Gasteiger partial charge < -0.3 is 15.5 Å². The number of rotatable bonds is 3. The number of hydrogen-bond acceptors (Lipinski definition) is 4. The summed E-state index contributed by atoms with van der Waals surface area (Å²) >= 11 is 6.00. The van der Waals surface area contributed by atoms with Crippen molar-refractivity contribution in [1.29, 1.82) is 0 Å². The molecule has 20 heavy (non-hydrogen) atoms. The molecule has 7 heteroatoms. The van der Waals surface area contributed by atoms with Crippen LogP contribution in [0.4, 0.5) is 5.82 Å². The van der Waals surface area contributed by atoms with E-state index in [9.17, 15) is 9.59 Å². The third kappa shape index (κ3) is 3.19. The molecule has 1 saturated heterocycles. The Hall–Kier alpha value is -1.82. The predicted octanol–water partition coefficient (Wildman–Crippen LogP) is 1.13. The molecule has 1 aromatic rings. The molecule has 1 unspecified atom stereocenters. The first-order chi connectivity index (χ1) is 9.51. The van der Waals surface area contributed by atoms with Crippen LogP contribution >= 0.6 is 11.6 Å². The molecule has 2 amide bonds. The molecule has 0 spiro atoms. The number of amides is 2. The molecule has 2 heterocycles. The van der Waals surface area contributed by atoms with Crippen molar-refractivity contribution in [3.63, 3.8) is 0 Å². The average molecular weight is 297 g/mol. The van der Waals surface area contributed by atoms with E-state index in [0.717, 1.165) is 0 Å². The van der Waals surface area contributed by atoms with Gasteiger partial charge >= 0.3 is 0 Å². The number of nitrogens with one attached hydrogen (secondary N) is 2. The lowest BCUT2D eigenvalue weighted by Gasteiger charge is -2.30. The number of hydrogen-bond donors (Lipinski definition) is 2. The van der Waals surface area contributed by atoms with Crippen LogP contribution in [-0.4, -0.2) is 48.4 Å². The largest absolute Gasteiger partial charge is 0.372 e. The third-order valence-corrected chi connectivity index (χ3v) is 3.59. The van der Waals surface area contributed by atoms with Gasteiger partial charge in [-0.1, -0.05) is 11.6 Å². The molecule has 2 N–H and O–H groups in total. The Balaban J connectivity index is 2.01. The van der Waals surface area contributed by atoms with Crippen molar-refractivity contribution in [1.82, 2.24) is 15.2 Å². The van der Waals surface area contributed by atoms with E-state index in [2.05, 4.69) is 15.6 Å². The van der Waals surface area contributed by atoms with Crippen molar-refractivity contribution in [3.8, 4) is 0 Å². The first-order valence-corrected chi connectivity index (χ1v) is 6.77. The predicted molar refractivity (Wildman–Crippen MR) is 76.9 cm³/mol. The topological polar surface area (TPSA) is 74.3 Å². The van der Waals surface area contributed by atoms with Crippen LogP contribution < -0.4 is 10.6 Å². The lowest BCUT2D eigenvalue weighted by molar-refractivity contribution is -0.132. The maximum absolute atomic E-state index is 12.1. The van der Waals surface area contributed by atoms with Gasteiger partial charge in [-0.2, -0.15) is 0 Å². The van der Waals surface area contributed by atoms with Crippen LogP contribution in [0.1, 0.15) is 23.2 Å². The Morgan fingerprint density at radius 2 is 2.30 bits per heavy atom. The summed E-state index contributed by atoms with van der Waals surface area (Å²) in [6, 6.07) is 1.54. The van der Waals surface area contributed by atoms with Crippen LogP contribution in [0.2, 0.25) is 5.02 Å². The van der Waals surface area contributed by atoms with Crippen molar-refractivity contribution in [2.75, 3.05) is 26.0 Å². The van der Waals surface area contributed by atoms with Crippen LogP contribution in [-0.2, 0) is 4.79 Å². The molecule has 6 nitrogen and oxygen atoms in total. The molecular weight excluding hydrogens is 280 g/mol. The lowest BCUT2D eigenvalue weighted by Crippen LogP contribution is -2.48. The summed E-state index contributed by atoms with van der Waals surface area (Å²) in [6.45, 7) is 0.528. The van der Waals surface area contributed by atoms with Gasteiger partial charge in [0.2, 0.25) is 5.91 Å². The van der Waals surface area contributed by atoms with E-state index in [1.54, 1.807) is 25.1 Å². The summed E-state index contributed by atoms with van der Waals surface area (Å²) in [4.78, 5) is 29.2. The number of carbonyl (C=O) groups is 2. The van der Waals surface area contributed by atoms with Crippen LogP contribution in [0.3, 0.4) is 0 Å². The molecule has 0 bridgehead atoms. The van der Waals surface area contributed by atoms with Crippen molar-refractivity contribution in [3.05, 3.63) is 22.8 Å². The standard InChI is InChI=1S/C13H17ClN4O2/c1-15-12-10(14)5-8(6-16-12)13(20)17-9-3-4-11(19)18(2)7-9/h5-6,9H,3-4,7H2,1-2H3,(H,15,16)(H,17,20). The van der Waals surface area contributed by atoms with Gasteiger partial charge in [0.1, 0.15) is 5.82 Å². The maximum atomic E-state index is 12.1. The number of nitrogens with zero attached hydrogens (tertiary/aromatic N) is 2. The Morgan fingerprint density at radius 3 is 2.90 bits per heavy atom. The molecule has 0 aliphatic carbocycles. The molecule has 1 fully saturated rings. The summed E-state index contributed by atoms with van der Waals surface area (Å²) in [7, 11) is 3.45. The fourth-order valence-electron chi connectivity index (χ4n) is 2.14. The summed E-state index contributed by atoms with van der Waals surface area (Å²) in [5.41, 5.74) is 0.411. The lowest BCUT2D eigenvalue weighted by atomic mass is 10.1. The fraction of sp³-hybridized carbons (Fsp3) is 0.462. The second-order valence-electron chi connectivity index (χ2n) is 4.79. The van der Waals surface area contributed by atoms with E-state index in [1.165, 1.54) is 6.20 Å². The van der Waals surface area contributed by atoms with E-state index >= 15 is 0 Å². The van der Waals surface area contributed by atoms with E-state index in [-0.39, 0.29) is 17.9 Å². The SMILES string of the molecule is CNc1ncc(C(=O)NC2CCC(=O)N(C)C2)cc1Cl. The second kappa shape index (κ2) is 6.09. The van der Waals surface area contributed by atoms with E-state index < -0.39 is 0 Å². The number of halogens is 1. The summed E-state index contributed by atoms with van der Waals surface area (Å²) < 4.78 is 0. The Labute approximate surface area is 122 Å². The molecule has 1 atom stereocenters. The highest BCUT2D eigenvalue weighted by Gasteiger charge is 2.24. The first kappa shape index (κ1) is 14.6. The summed E-state index contributed by atoms with van der Waals surface area (Å²) in [5, 5.41) is 6.13. The van der Waals surface area contributed by atoms with Gasteiger partial charge in [-0.25, -0.2) is 4.98 Å². The Kier molecular flexibility index (Phi) is 4.44. The highest BCUT2D eigenvalue weighted by Crippen LogP contribution is 2.19. The smallest absolute Gasteiger partial charge is 0.253 e.